The molecule has 7 rings (SSSR count). The predicted molar refractivity (Wildman–Crippen MR) is 139 cm³/mol. The maximum absolute atomic E-state index is 15.1. The average Bonchev–Trinajstić information content (AvgIpc) is 3.72. The first-order valence-electron chi connectivity index (χ1n) is 13.0. The van der Waals surface area contributed by atoms with Crippen LogP contribution in [-0.4, -0.2) is 71.9 Å². The molecule has 0 aliphatic carbocycles. The molecular weight excluding hydrogens is 489 g/mol. The number of nitrogens with zero attached hydrogens (tertiary/aromatic N) is 1. The summed E-state index contributed by atoms with van der Waals surface area (Å²) in [5, 5.41) is 13.2. The van der Waals surface area contributed by atoms with Crippen LogP contribution in [0.4, 0.5) is 4.39 Å². The van der Waals surface area contributed by atoms with Gasteiger partial charge in [-0.2, -0.15) is 0 Å². The summed E-state index contributed by atoms with van der Waals surface area (Å²) in [5.41, 5.74) is 4.17. The molecule has 0 bridgehead atoms. The molecule has 5 heterocycles. The Morgan fingerprint density at radius 1 is 0.895 bits per heavy atom. The number of hydrogen-bond acceptors (Lipinski definition) is 7. The number of hydrogen-bond donors (Lipinski definition) is 3. The molecule has 2 aromatic carbocycles. The van der Waals surface area contributed by atoms with Gasteiger partial charge in [0.2, 0.25) is 0 Å². The number of aliphatic hydroxyl groups excluding tert-OH is 1. The van der Waals surface area contributed by atoms with Crippen LogP contribution in [0, 0.1) is 5.82 Å². The molecule has 0 amide bonds. The number of nitrogens with one attached hydrogen (secondary N) is 2. The number of rotatable bonds is 6. The van der Waals surface area contributed by atoms with Gasteiger partial charge in [0.15, 0.2) is 17.8 Å². The number of fused-ring (bicyclic) bond motifs is 2. The lowest BCUT2D eigenvalue weighted by atomic mass is 10.0. The molecular formula is C29H28FN3O5. The van der Waals surface area contributed by atoms with E-state index in [9.17, 15) is 5.11 Å². The maximum Gasteiger partial charge on any atom is 0.193 e. The fraction of sp³-hybridized carbons (Fsp3) is 0.345. The van der Waals surface area contributed by atoms with Crippen LogP contribution in [0.25, 0.3) is 33.4 Å². The largest absolute Gasteiger partial charge is 0.489 e. The zero-order valence-electron chi connectivity index (χ0n) is 20.6. The van der Waals surface area contributed by atoms with Crippen molar-refractivity contribution in [3.63, 3.8) is 0 Å². The van der Waals surface area contributed by atoms with Gasteiger partial charge in [0.05, 0.1) is 24.2 Å². The Hall–Kier alpha value is -3.50. The van der Waals surface area contributed by atoms with Gasteiger partial charge in [-0.25, -0.2) is 9.37 Å². The van der Waals surface area contributed by atoms with Crippen molar-refractivity contribution in [1.82, 2.24) is 15.3 Å². The summed E-state index contributed by atoms with van der Waals surface area (Å²) in [4.78, 5) is 7.65. The quantitative estimate of drug-likeness (QED) is 0.359. The second kappa shape index (κ2) is 9.67. The molecule has 1 unspecified atom stereocenters. The first-order valence-corrected chi connectivity index (χ1v) is 13.0. The molecule has 38 heavy (non-hydrogen) atoms. The number of ether oxygens (including phenoxy) is 4. The predicted octanol–water partition coefficient (Wildman–Crippen LogP) is 3.68. The minimum Gasteiger partial charge on any atom is -0.489 e. The van der Waals surface area contributed by atoms with Crippen molar-refractivity contribution in [2.24, 2.45) is 0 Å². The SMILES string of the molecule is O[C@@H]1CO[C@H]2[C@@H]1OC[C@H]2Oc1cc2nc(-c3ccc(-c4ccc(OC5CCNC5)cc4)cc3)c(F)cc2[nH]1. The molecule has 3 aliphatic rings. The Morgan fingerprint density at radius 3 is 2.39 bits per heavy atom. The molecule has 3 fully saturated rings. The van der Waals surface area contributed by atoms with E-state index < -0.39 is 11.9 Å². The normalized spacial score (nSPS) is 26.6. The van der Waals surface area contributed by atoms with Crippen molar-refractivity contribution < 1.29 is 28.4 Å². The topological polar surface area (TPSA) is 97.9 Å². The van der Waals surface area contributed by atoms with E-state index in [0.717, 1.165) is 36.4 Å². The first-order chi connectivity index (χ1) is 18.6. The fourth-order valence-corrected chi connectivity index (χ4v) is 5.45. The highest BCUT2D eigenvalue weighted by Gasteiger charge is 2.48. The van der Waals surface area contributed by atoms with Gasteiger partial charge >= 0.3 is 0 Å². The second-order valence-electron chi connectivity index (χ2n) is 10.0. The number of aliphatic hydroxyl groups is 1. The molecule has 0 radical (unpaired) electrons. The van der Waals surface area contributed by atoms with E-state index in [1.54, 1.807) is 6.07 Å². The van der Waals surface area contributed by atoms with Crippen molar-refractivity contribution in [3.8, 4) is 34.0 Å². The van der Waals surface area contributed by atoms with E-state index in [1.165, 1.54) is 6.07 Å². The first kappa shape index (κ1) is 23.6. The summed E-state index contributed by atoms with van der Waals surface area (Å²) in [6.07, 6.45) is -0.468. The minimum absolute atomic E-state index is 0.224. The highest BCUT2D eigenvalue weighted by Crippen LogP contribution is 2.32. The number of halogens is 1. The summed E-state index contributed by atoms with van der Waals surface area (Å²) in [7, 11) is 0. The van der Waals surface area contributed by atoms with Crippen LogP contribution in [0.3, 0.4) is 0 Å². The Bertz CT molecular complexity index is 1440. The molecule has 2 aromatic heterocycles. The summed E-state index contributed by atoms with van der Waals surface area (Å²) in [6.45, 7) is 2.42. The van der Waals surface area contributed by atoms with Gasteiger partial charge in [0.1, 0.15) is 35.9 Å². The van der Waals surface area contributed by atoms with Crippen LogP contribution < -0.4 is 14.8 Å². The maximum atomic E-state index is 15.1. The van der Waals surface area contributed by atoms with Crippen LogP contribution in [-0.2, 0) is 9.47 Å². The van der Waals surface area contributed by atoms with Crippen molar-refractivity contribution in [2.45, 2.75) is 36.9 Å². The standard InChI is InChI=1S/C29H28FN3O5/c30-21-11-22-23(12-26(32-22)38-25-15-36-28-24(34)14-35-29(25)28)33-27(21)18-3-1-16(2-4-18)17-5-7-19(8-6-17)37-20-9-10-31-13-20/h1-8,11-12,20,24-25,28-29,31-32,34H,9-10,13-15H2/t20?,24-,25-,28-,29-/m1/s1. The van der Waals surface area contributed by atoms with E-state index in [4.69, 9.17) is 18.9 Å². The zero-order valence-corrected chi connectivity index (χ0v) is 20.6. The molecule has 8 nitrogen and oxygen atoms in total. The fourth-order valence-electron chi connectivity index (χ4n) is 5.45. The van der Waals surface area contributed by atoms with Crippen molar-refractivity contribution in [3.05, 3.63) is 66.5 Å². The van der Waals surface area contributed by atoms with Gasteiger partial charge in [-0.3, -0.25) is 0 Å². The Balaban J connectivity index is 1.07. The third-order valence-electron chi connectivity index (χ3n) is 7.46. The highest BCUT2D eigenvalue weighted by atomic mass is 19.1. The highest BCUT2D eigenvalue weighted by molar-refractivity contribution is 5.81. The van der Waals surface area contributed by atoms with Crippen molar-refractivity contribution >= 4 is 11.0 Å². The number of aromatic amines is 1. The monoisotopic (exact) mass is 517 g/mol. The Labute approximate surface area is 218 Å². The lowest BCUT2D eigenvalue weighted by Crippen LogP contribution is -2.34. The van der Waals surface area contributed by atoms with Gasteiger partial charge in [0, 0.05) is 24.2 Å². The summed E-state index contributed by atoms with van der Waals surface area (Å²) in [5.74, 6) is 0.894. The molecule has 9 heteroatoms. The molecule has 3 aliphatic heterocycles. The molecule has 3 N–H and O–H groups in total. The van der Waals surface area contributed by atoms with Crippen molar-refractivity contribution in [1.29, 1.82) is 0 Å². The van der Waals surface area contributed by atoms with Crippen molar-refractivity contribution in [2.75, 3.05) is 26.3 Å². The van der Waals surface area contributed by atoms with E-state index in [2.05, 4.69) is 15.3 Å². The number of pyridine rings is 1. The van der Waals surface area contributed by atoms with Crippen LogP contribution in [0.1, 0.15) is 6.42 Å². The second-order valence-corrected chi connectivity index (χ2v) is 10.0. The van der Waals surface area contributed by atoms with Crippen LogP contribution >= 0.6 is 0 Å². The van der Waals surface area contributed by atoms with E-state index >= 15 is 4.39 Å². The number of H-pyrrole nitrogens is 1. The van der Waals surface area contributed by atoms with E-state index in [1.807, 2.05) is 48.5 Å². The zero-order chi connectivity index (χ0) is 25.6. The third-order valence-corrected chi connectivity index (χ3v) is 7.46. The van der Waals surface area contributed by atoms with Gasteiger partial charge in [0.25, 0.3) is 0 Å². The van der Waals surface area contributed by atoms with Gasteiger partial charge in [-0.05, 0) is 36.2 Å². The van der Waals surface area contributed by atoms with Gasteiger partial charge in [-0.15, -0.1) is 0 Å². The summed E-state index contributed by atoms with van der Waals surface area (Å²) < 4.78 is 38.3. The van der Waals surface area contributed by atoms with Gasteiger partial charge in [-0.1, -0.05) is 36.4 Å². The molecule has 0 saturated carbocycles. The molecule has 4 aromatic rings. The van der Waals surface area contributed by atoms with Crippen LogP contribution in [0.5, 0.6) is 11.6 Å². The molecule has 0 spiro atoms. The minimum atomic E-state index is -0.645. The van der Waals surface area contributed by atoms with Crippen LogP contribution in [0.15, 0.2) is 60.7 Å². The number of aromatic nitrogens is 2. The molecule has 3 saturated heterocycles. The molecule has 196 valence electrons. The van der Waals surface area contributed by atoms with Gasteiger partial charge < -0.3 is 34.4 Å². The smallest absolute Gasteiger partial charge is 0.193 e. The Kier molecular flexibility index (Phi) is 6.01. The average molecular weight is 518 g/mol. The lowest BCUT2D eigenvalue weighted by molar-refractivity contribution is 0.00794. The molecule has 5 atom stereocenters. The van der Waals surface area contributed by atoms with E-state index in [0.29, 0.717) is 29.1 Å². The summed E-state index contributed by atoms with van der Waals surface area (Å²) in [6, 6.07) is 18.9. The lowest BCUT2D eigenvalue weighted by Gasteiger charge is -2.16. The van der Waals surface area contributed by atoms with E-state index in [-0.39, 0.29) is 36.7 Å². The third kappa shape index (κ3) is 4.41. The summed E-state index contributed by atoms with van der Waals surface area (Å²) >= 11 is 0. The number of benzene rings is 2. The van der Waals surface area contributed by atoms with Crippen LogP contribution in [0.2, 0.25) is 0 Å². The Morgan fingerprint density at radius 2 is 1.63 bits per heavy atom.